The molecule has 0 atom stereocenters. The molecule has 0 amide bonds. The number of nitro groups is 1. The fourth-order valence-electron chi connectivity index (χ4n) is 0.919. The van der Waals surface area contributed by atoms with Gasteiger partial charge in [0.2, 0.25) is 0 Å². The maximum Gasteiger partial charge on any atom is 0.289 e. The second-order valence-electron chi connectivity index (χ2n) is 2.59. The molecule has 7 nitrogen and oxygen atoms in total. The number of halogens is 1. The number of nitro benzene ring substituents is 1. The van der Waals surface area contributed by atoms with Gasteiger partial charge in [-0.15, -0.1) is 0 Å². The summed E-state index contributed by atoms with van der Waals surface area (Å²) in [4.78, 5) is 9.29. The summed E-state index contributed by atoms with van der Waals surface area (Å²) in [5.74, 6) is 0. The molecule has 1 aromatic carbocycles. The van der Waals surface area contributed by atoms with Gasteiger partial charge in [-0.1, -0.05) is 11.6 Å². The van der Waals surface area contributed by atoms with Crippen molar-refractivity contribution in [2.45, 2.75) is 4.90 Å². The first-order valence-corrected chi connectivity index (χ1v) is 5.59. The largest absolute Gasteiger partial charge is 0.289 e. The minimum absolute atomic E-state index is 0.180. The van der Waals surface area contributed by atoms with E-state index in [1.165, 1.54) is 10.9 Å². The lowest BCUT2D eigenvalue weighted by Crippen LogP contribution is -2.18. The van der Waals surface area contributed by atoms with Crippen LogP contribution in [0.15, 0.2) is 23.1 Å². The third kappa shape index (κ3) is 2.39. The van der Waals surface area contributed by atoms with E-state index in [9.17, 15) is 18.5 Å². The van der Waals surface area contributed by atoms with Gasteiger partial charge in [-0.3, -0.25) is 10.1 Å². The monoisotopic (exact) mass is 261 g/mol. The zero-order chi connectivity index (χ0) is 12.3. The first-order valence-electron chi connectivity index (χ1n) is 3.73. The van der Waals surface area contributed by atoms with E-state index in [1.54, 1.807) is 0 Å². The van der Waals surface area contributed by atoms with Gasteiger partial charge in [0, 0.05) is 6.07 Å². The molecule has 1 aromatic rings. The molecule has 0 aliphatic heterocycles. The molecule has 0 fully saturated rings. The fourth-order valence-corrected chi connectivity index (χ4v) is 1.86. The predicted octanol–water partition coefficient (Wildman–Crippen LogP) is 1.01. The molecule has 0 unspecified atom stereocenters. The summed E-state index contributed by atoms with van der Waals surface area (Å²) in [5, 5.41) is 18.5. The highest BCUT2D eigenvalue weighted by Crippen LogP contribution is 2.26. The number of nitrogens with zero attached hydrogens (tertiary/aromatic N) is 2. The Labute approximate surface area is 95.5 Å². The van der Waals surface area contributed by atoms with E-state index in [0.29, 0.717) is 0 Å². The van der Waals surface area contributed by atoms with Crippen LogP contribution in [0.2, 0.25) is 5.02 Å². The van der Waals surface area contributed by atoms with Crippen molar-refractivity contribution in [1.29, 1.82) is 5.26 Å². The van der Waals surface area contributed by atoms with E-state index in [-0.39, 0.29) is 5.02 Å². The van der Waals surface area contributed by atoms with Crippen LogP contribution in [-0.4, -0.2) is 13.3 Å². The number of hydrogen-bond acceptors (Lipinski definition) is 5. The van der Waals surface area contributed by atoms with Gasteiger partial charge in [0.05, 0.1) is 9.82 Å². The first-order chi connectivity index (χ1) is 7.38. The van der Waals surface area contributed by atoms with Crippen LogP contribution in [0.5, 0.6) is 0 Å². The van der Waals surface area contributed by atoms with Crippen molar-refractivity contribution in [1.82, 2.24) is 4.72 Å². The highest BCUT2D eigenvalue weighted by molar-refractivity contribution is 7.89. The highest BCUT2D eigenvalue weighted by atomic mass is 35.5. The minimum Gasteiger partial charge on any atom is -0.258 e. The molecule has 0 saturated heterocycles. The molecular weight excluding hydrogens is 258 g/mol. The Kier molecular flexibility index (Phi) is 3.31. The van der Waals surface area contributed by atoms with Crippen LogP contribution in [0.1, 0.15) is 0 Å². The van der Waals surface area contributed by atoms with Crippen molar-refractivity contribution in [3.8, 4) is 6.19 Å². The van der Waals surface area contributed by atoms with Gasteiger partial charge in [-0.05, 0) is 12.1 Å². The lowest BCUT2D eigenvalue weighted by molar-refractivity contribution is -0.384. The summed E-state index contributed by atoms with van der Waals surface area (Å²) < 4.78 is 24.2. The fraction of sp³-hybridized carbons (Fsp3) is 0. The van der Waals surface area contributed by atoms with Crippen molar-refractivity contribution in [3.63, 3.8) is 0 Å². The van der Waals surface area contributed by atoms with Crippen LogP contribution in [0.25, 0.3) is 0 Å². The third-order valence-electron chi connectivity index (χ3n) is 1.60. The molecule has 0 aromatic heterocycles. The Balaban J connectivity index is 3.35. The number of hydrogen-bond donors (Lipinski definition) is 1. The Morgan fingerprint density at radius 1 is 1.50 bits per heavy atom. The van der Waals surface area contributed by atoms with Crippen LogP contribution in [-0.2, 0) is 10.0 Å². The van der Waals surface area contributed by atoms with Gasteiger partial charge in [0.1, 0.15) is 5.02 Å². The van der Waals surface area contributed by atoms with E-state index < -0.39 is 25.5 Å². The molecule has 0 spiro atoms. The molecule has 1 N–H and O–H groups in total. The quantitative estimate of drug-likeness (QED) is 0.377. The van der Waals surface area contributed by atoms with Crippen molar-refractivity contribution >= 4 is 27.3 Å². The van der Waals surface area contributed by atoms with Crippen LogP contribution >= 0.6 is 11.6 Å². The van der Waals surface area contributed by atoms with Gasteiger partial charge in [0.25, 0.3) is 15.7 Å². The van der Waals surface area contributed by atoms with Crippen molar-refractivity contribution < 1.29 is 13.3 Å². The average molecular weight is 262 g/mol. The number of rotatable bonds is 3. The average Bonchev–Trinajstić information content (AvgIpc) is 2.17. The molecule has 1 rings (SSSR count). The van der Waals surface area contributed by atoms with Gasteiger partial charge >= 0.3 is 0 Å². The molecule has 0 aliphatic rings. The van der Waals surface area contributed by atoms with E-state index in [1.807, 2.05) is 0 Å². The third-order valence-corrected chi connectivity index (χ3v) is 3.16. The Hall–Kier alpha value is -1.85. The standard InChI is InChI=1S/C7H4ClN3O4S/c8-6-2-1-5(3-7(6)11(12)13)16(14,15)10-4-9/h1-3,10H. The summed E-state index contributed by atoms with van der Waals surface area (Å²) in [6.07, 6.45) is 1.23. The number of sulfonamides is 1. The Bertz CT molecular complexity index is 578. The normalized spacial score (nSPS) is 10.5. The van der Waals surface area contributed by atoms with E-state index >= 15 is 0 Å². The first kappa shape index (κ1) is 12.2. The maximum absolute atomic E-state index is 11.3. The molecule has 84 valence electrons. The van der Waals surface area contributed by atoms with Gasteiger partial charge in [0.15, 0.2) is 6.19 Å². The predicted molar refractivity (Wildman–Crippen MR) is 54.0 cm³/mol. The van der Waals surface area contributed by atoms with Gasteiger partial charge < -0.3 is 0 Å². The summed E-state index contributed by atoms with van der Waals surface area (Å²) >= 11 is 5.50. The summed E-state index contributed by atoms with van der Waals surface area (Å²) in [7, 11) is -4.06. The zero-order valence-electron chi connectivity index (χ0n) is 7.55. The molecule has 0 bridgehead atoms. The SMILES string of the molecule is N#CNS(=O)(=O)c1ccc(Cl)c([N+](=O)[O-])c1. The van der Waals surface area contributed by atoms with Crippen LogP contribution < -0.4 is 4.72 Å². The Morgan fingerprint density at radius 3 is 2.62 bits per heavy atom. The van der Waals surface area contributed by atoms with E-state index in [0.717, 1.165) is 18.2 Å². The highest BCUT2D eigenvalue weighted by Gasteiger charge is 2.20. The molecule has 0 saturated carbocycles. The van der Waals surface area contributed by atoms with E-state index in [2.05, 4.69) is 0 Å². The smallest absolute Gasteiger partial charge is 0.258 e. The van der Waals surface area contributed by atoms with Crippen molar-refractivity contribution in [2.75, 3.05) is 0 Å². The molecule has 9 heteroatoms. The Morgan fingerprint density at radius 2 is 2.12 bits per heavy atom. The zero-order valence-corrected chi connectivity index (χ0v) is 9.12. The van der Waals surface area contributed by atoms with Crippen LogP contribution in [0, 0.1) is 21.6 Å². The lowest BCUT2D eigenvalue weighted by atomic mass is 10.3. The molecule has 16 heavy (non-hydrogen) atoms. The van der Waals surface area contributed by atoms with E-state index in [4.69, 9.17) is 16.9 Å². The second-order valence-corrected chi connectivity index (χ2v) is 4.68. The molecule has 0 heterocycles. The van der Waals surface area contributed by atoms with Gasteiger partial charge in [-0.25, -0.2) is 13.1 Å². The van der Waals surface area contributed by atoms with Crippen LogP contribution in [0.3, 0.4) is 0 Å². The maximum atomic E-state index is 11.3. The number of nitrogens with one attached hydrogen (secondary N) is 1. The van der Waals surface area contributed by atoms with Crippen molar-refractivity contribution in [3.05, 3.63) is 33.3 Å². The minimum atomic E-state index is -4.06. The van der Waals surface area contributed by atoms with Crippen LogP contribution in [0.4, 0.5) is 5.69 Å². The summed E-state index contributed by atoms with van der Waals surface area (Å²) in [5.41, 5.74) is -0.539. The summed E-state index contributed by atoms with van der Waals surface area (Å²) in [6.45, 7) is 0. The van der Waals surface area contributed by atoms with Crippen molar-refractivity contribution in [2.24, 2.45) is 0 Å². The topological polar surface area (TPSA) is 113 Å². The number of nitriles is 1. The second kappa shape index (κ2) is 4.34. The lowest BCUT2D eigenvalue weighted by Gasteiger charge is -2.01. The number of benzene rings is 1. The van der Waals surface area contributed by atoms with Gasteiger partial charge in [-0.2, -0.15) is 5.26 Å². The molecule has 0 aliphatic carbocycles. The molecular formula is C7H4ClN3O4S. The molecule has 0 radical (unpaired) electrons. The summed E-state index contributed by atoms with van der Waals surface area (Å²) in [6, 6.07) is 2.92.